The first-order valence-electron chi connectivity index (χ1n) is 18.1. The minimum Gasteiger partial charge on any atom is -0.458 e. The number of carbonyl (C=O) groups excluding carboxylic acids is 2. The Morgan fingerprint density at radius 2 is 2.06 bits per heavy atom. The third kappa shape index (κ3) is 4.43. The van der Waals surface area contributed by atoms with E-state index in [4.69, 9.17) is 29.0 Å². The van der Waals surface area contributed by atoms with Crippen molar-refractivity contribution >= 4 is 23.0 Å². The number of ether oxygens (including phenoxy) is 3. The second-order valence-corrected chi connectivity index (χ2v) is 15.4. The summed E-state index contributed by atoms with van der Waals surface area (Å²) in [7, 11) is 0. The van der Waals surface area contributed by atoms with Crippen LogP contribution in [0.1, 0.15) is 97.7 Å². The Hall–Kier alpha value is -3.95. The number of pyridine rings is 2. The molecule has 2 spiro atoms. The number of fused-ring (bicyclic) bond motifs is 8. The van der Waals surface area contributed by atoms with Gasteiger partial charge < -0.3 is 34.5 Å². The fraction of sp³-hybridized carbons (Fsp3) is 0.568. The van der Waals surface area contributed by atoms with Crippen molar-refractivity contribution in [3.63, 3.8) is 0 Å². The van der Waals surface area contributed by atoms with E-state index in [0.29, 0.717) is 60.6 Å². The maximum absolute atomic E-state index is 15.3. The van der Waals surface area contributed by atoms with Gasteiger partial charge in [0, 0.05) is 60.3 Å². The number of aryl methyl sites for hydroxylation is 1. The number of hydrogen-bond acceptors (Lipinski definition) is 11. The largest absolute Gasteiger partial charge is 0.458 e. The van der Waals surface area contributed by atoms with Gasteiger partial charge in [0.05, 0.1) is 35.1 Å². The van der Waals surface area contributed by atoms with Crippen LogP contribution in [0, 0.1) is 18.7 Å². The molecular formula is C37H39FN4O9. The Balaban J connectivity index is 0.978. The first-order valence-corrected chi connectivity index (χ1v) is 18.1. The number of esters is 1. The third-order valence-corrected chi connectivity index (χ3v) is 12.6. The van der Waals surface area contributed by atoms with Crippen LogP contribution in [0.4, 0.5) is 9.18 Å². The molecular weight excluding hydrogens is 663 g/mol. The molecule has 7 unspecified atom stereocenters. The number of aliphatic hydroxyl groups is 1. The second kappa shape index (κ2) is 10.8. The highest BCUT2D eigenvalue weighted by atomic mass is 19.1. The lowest BCUT2D eigenvalue weighted by molar-refractivity contribution is -0.362. The summed E-state index contributed by atoms with van der Waals surface area (Å²) in [5.74, 6) is -2.69. The zero-order valence-corrected chi connectivity index (χ0v) is 28.4. The summed E-state index contributed by atoms with van der Waals surface area (Å²) in [5.41, 5.74) is 2.12. The number of aromatic nitrogens is 2. The smallest absolute Gasteiger partial charge is 0.407 e. The van der Waals surface area contributed by atoms with Crippen LogP contribution < -0.4 is 16.2 Å². The fourth-order valence-electron chi connectivity index (χ4n) is 9.99. The van der Waals surface area contributed by atoms with Crippen molar-refractivity contribution in [1.29, 1.82) is 0 Å². The summed E-state index contributed by atoms with van der Waals surface area (Å²) in [4.78, 5) is 57.0. The Morgan fingerprint density at radius 3 is 2.84 bits per heavy atom. The predicted octanol–water partition coefficient (Wildman–Crippen LogP) is 3.94. The lowest BCUT2D eigenvalue weighted by Crippen LogP contribution is -2.48. The van der Waals surface area contributed by atoms with Crippen molar-refractivity contribution in [3.8, 4) is 11.4 Å². The van der Waals surface area contributed by atoms with E-state index in [9.17, 15) is 19.5 Å². The van der Waals surface area contributed by atoms with Crippen LogP contribution in [0.2, 0.25) is 0 Å². The number of piperidine rings is 1. The molecule has 1 amide bonds. The average Bonchev–Trinajstić information content (AvgIpc) is 3.89. The molecule has 7 atom stereocenters. The number of nitrogens with one attached hydrogen (secondary N) is 2. The van der Waals surface area contributed by atoms with Gasteiger partial charge in [0.25, 0.3) is 5.56 Å². The normalized spacial score (nSPS) is 34.2. The molecule has 1 aromatic carbocycles. The van der Waals surface area contributed by atoms with Crippen LogP contribution in [-0.2, 0) is 54.0 Å². The van der Waals surface area contributed by atoms with Crippen molar-refractivity contribution in [2.75, 3.05) is 6.54 Å². The molecule has 268 valence electrons. The predicted molar refractivity (Wildman–Crippen MR) is 175 cm³/mol. The van der Waals surface area contributed by atoms with Gasteiger partial charge in [0.2, 0.25) is 11.6 Å². The van der Waals surface area contributed by atoms with Crippen LogP contribution in [0.5, 0.6) is 0 Å². The highest BCUT2D eigenvalue weighted by Gasteiger charge is 2.64. The number of carbonyl (C=O) groups is 2. The first kappa shape index (κ1) is 31.8. The van der Waals surface area contributed by atoms with Crippen LogP contribution in [0.15, 0.2) is 16.9 Å². The Bertz CT molecular complexity index is 2140. The molecule has 2 saturated carbocycles. The molecule has 3 N–H and O–H groups in total. The summed E-state index contributed by atoms with van der Waals surface area (Å²) in [6.45, 7) is 4.12. The minimum absolute atomic E-state index is 0.0136. The Labute approximate surface area is 291 Å². The average molecular weight is 703 g/mol. The SMILES string of the molecule is CCC1(O)C(=O)OCc2c1cc1n(c2=O)Cc2c-1nc1cc(F)c(C)c3c1c2C(NC(=O)OC1CCCC2(C1)OOC1(CC4CC1CN4)O2)CC3. The molecule has 3 aromatic rings. The number of nitrogens with zero attached hydrogens (tertiary/aromatic N) is 2. The zero-order valence-electron chi connectivity index (χ0n) is 28.4. The lowest BCUT2D eigenvalue weighted by Gasteiger charge is -2.37. The number of rotatable bonds is 3. The van der Waals surface area contributed by atoms with Gasteiger partial charge >= 0.3 is 12.1 Å². The molecule has 0 radical (unpaired) electrons. The van der Waals surface area contributed by atoms with E-state index >= 15 is 4.39 Å². The van der Waals surface area contributed by atoms with Crippen molar-refractivity contribution < 1.29 is 43.1 Å². The highest BCUT2D eigenvalue weighted by Crippen LogP contribution is 2.54. The third-order valence-electron chi connectivity index (χ3n) is 12.6. The number of benzene rings is 1. The van der Waals surface area contributed by atoms with E-state index in [2.05, 4.69) is 10.6 Å². The first-order chi connectivity index (χ1) is 24.5. The number of cyclic esters (lactones) is 1. The summed E-state index contributed by atoms with van der Waals surface area (Å²) >= 11 is 0. The van der Waals surface area contributed by atoms with E-state index in [1.54, 1.807) is 24.5 Å². The topological polar surface area (TPSA) is 159 Å². The van der Waals surface area contributed by atoms with Gasteiger partial charge in [0.1, 0.15) is 18.5 Å². The van der Waals surface area contributed by atoms with E-state index in [0.717, 1.165) is 47.9 Å². The highest BCUT2D eigenvalue weighted by molar-refractivity contribution is 5.93. The maximum atomic E-state index is 15.3. The van der Waals surface area contributed by atoms with Gasteiger partial charge in [0.15, 0.2) is 5.60 Å². The standard InChI is InChI=1S/C37H39FN4O9/c1-3-36(46)24-10-28-31-22(15-42(28)32(43)23(24)16-47-33(36)44)30-26(7-6-21-17(2)25(38)11-27(40-31)29(21)30)41-34(45)48-20-5-4-8-35(13-20)49-37(51-50-35)12-19-9-18(37)14-39-19/h10-11,18-20,26,39,46H,3-9,12-16H2,1-2H3,(H,41,45). The molecule has 2 aromatic heterocycles. The van der Waals surface area contributed by atoms with Crippen molar-refractivity contribution in [1.82, 2.24) is 20.2 Å². The molecule has 6 heterocycles. The van der Waals surface area contributed by atoms with Crippen molar-refractivity contribution in [3.05, 3.63) is 61.7 Å². The Kier molecular flexibility index (Phi) is 6.72. The van der Waals surface area contributed by atoms with Gasteiger partial charge in [-0.15, -0.1) is 0 Å². The Morgan fingerprint density at radius 1 is 1.20 bits per heavy atom. The van der Waals surface area contributed by atoms with Crippen LogP contribution >= 0.6 is 0 Å². The number of halogens is 1. The number of amides is 1. The quantitative estimate of drug-likeness (QED) is 0.210. The summed E-state index contributed by atoms with van der Waals surface area (Å²) in [6.07, 6.45) is 4.07. The van der Waals surface area contributed by atoms with E-state index < -0.39 is 46.9 Å². The maximum Gasteiger partial charge on any atom is 0.407 e. The number of alkyl carbamates (subject to hydrolysis) is 1. The molecule has 51 heavy (non-hydrogen) atoms. The van der Waals surface area contributed by atoms with Gasteiger partial charge in [-0.3, -0.25) is 4.79 Å². The second-order valence-electron chi connectivity index (χ2n) is 15.4. The lowest BCUT2D eigenvalue weighted by atomic mass is 9.81. The summed E-state index contributed by atoms with van der Waals surface area (Å²) in [6, 6.07) is 2.86. The monoisotopic (exact) mass is 702 g/mol. The van der Waals surface area contributed by atoms with Gasteiger partial charge in [-0.2, -0.15) is 9.78 Å². The molecule has 7 aliphatic rings. The van der Waals surface area contributed by atoms with Gasteiger partial charge in [-0.05, 0) is 68.2 Å². The minimum atomic E-state index is -1.98. The van der Waals surface area contributed by atoms with Crippen LogP contribution in [-0.4, -0.2) is 57.0 Å². The van der Waals surface area contributed by atoms with Crippen LogP contribution in [0.25, 0.3) is 22.3 Å². The number of hydrogen-bond donors (Lipinski definition) is 3. The van der Waals surface area contributed by atoms with Crippen LogP contribution in [0.3, 0.4) is 0 Å². The fourth-order valence-corrected chi connectivity index (χ4v) is 9.99. The van der Waals surface area contributed by atoms with Crippen molar-refractivity contribution in [2.45, 2.75) is 120 Å². The van der Waals surface area contributed by atoms with Gasteiger partial charge in [-0.25, -0.2) is 19.0 Å². The van der Waals surface area contributed by atoms with E-state index in [1.165, 1.54) is 6.07 Å². The molecule has 2 saturated heterocycles. The molecule has 4 aliphatic heterocycles. The van der Waals surface area contributed by atoms with E-state index in [-0.39, 0.29) is 42.4 Å². The molecule has 2 bridgehead atoms. The van der Waals surface area contributed by atoms with Gasteiger partial charge in [-0.1, -0.05) is 6.92 Å². The molecule has 14 heteroatoms. The van der Waals surface area contributed by atoms with E-state index in [1.807, 2.05) is 0 Å². The molecule has 10 rings (SSSR count). The van der Waals surface area contributed by atoms with Crippen molar-refractivity contribution in [2.24, 2.45) is 5.92 Å². The summed E-state index contributed by atoms with van der Waals surface area (Å²) in [5, 5.41) is 18.7. The zero-order chi connectivity index (χ0) is 35.0. The molecule has 3 aliphatic carbocycles. The molecule has 13 nitrogen and oxygen atoms in total. The summed E-state index contributed by atoms with van der Waals surface area (Å²) < 4.78 is 34.7. The molecule has 4 fully saturated rings.